The molecule has 0 atom stereocenters. The molecule has 0 amide bonds. The summed E-state index contributed by atoms with van der Waals surface area (Å²) in [6.07, 6.45) is 0. The second kappa shape index (κ2) is 9.06. The van der Waals surface area contributed by atoms with Crippen LogP contribution in [0.4, 0.5) is 0 Å². The van der Waals surface area contributed by atoms with Crippen molar-refractivity contribution in [2.24, 2.45) is 0 Å². The number of carbonyl (C=O) groups excluding carboxylic acids is 1. The third kappa shape index (κ3) is 4.70. The van der Waals surface area contributed by atoms with Crippen LogP contribution in [0.2, 0.25) is 5.02 Å². The quantitative estimate of drug-likeness (QED) is 0.393. The lowest BCUT2D eigenvalue weighted by molar-refractivity contribution is 0.102. The molecule has 0 aliphatic rings. The summed E-state index contributed by atoms with van der Waals surface area (Å²) < 4.78 is 7.39. The van der Waals surface area contributed by atoms with E-state index >= 15 is 0 Å². The molecule has 0 N–H and O–H groups in total. The first-order chi connectivity index (χ1) is 13.1. The molecule has 0 aliphatic heterocycles. The largest absolute Gasteiger partial charge is 0.494 e. The zero-order valence-corrected chi connectivity index (χ0v) is 16.8. The molecule has 140 valence electrons. The Labute approximate surface area is 167 Å². The highest BCUT2D eigenvalue weighted by molar-refractivity contribution is 7.99. The van der Waals surface area contributed by atoms with Gasteiger partial charge in [-0.25, -0.2) is 0 Å². The Kier molecular flexibility index (Phi) is 6.53. The van der Waals surface area contributed by atoms with Gasteiger partial charge in [0, 0.05) is 22.7 Å². The Morgan fingerprint density at radius 2 is 1.93 bits per heavy atom. The molecule has 7 heteroatoms. The summed E-state index contributed by atoms with van der Waals surface area (Å²) >= 11 is 7.47. The third-order valence-electron chi connectivity index (χ3n) is 3.94. The zero-order chi connectivity index (χ0) is 19.2. The monoisotopic (exact) mass is 401 g/mol. The van der Waals surface area contributed by atoms with Gasteiger partial charge in [-0.05, 0) is 50.2 Å². The summed E-state index contributed by atoms with van der Waals surface area (Å²) in [4.78, 5) is 12.5. The van der Waals surface area contributed by atoms with Crippen LogP contribution in [-0.2, 0) is 6.54 Å². The molecule has 5 nitrogen and oxygen atoms in total. The molecule has 0 radical (unpaired) electrons. The van der Waals surface area contributed by atoms with E-state index in [0.29, 0.717) is 34.6 Å². The highest BCUT2D eigenvalue weighted by Crippen LogP contribution is 2.26. The van der Waals surface area contributed by atoms with Gasteiger partial charge in [-0.15, -0.1) is 10.2 Å². The summed E-state index contributed by atoms with van der Waals surface area (Å²) in [5.74, 6) is 1.84. The maximum atomic E-state index is 12.5. The number of hydrogen-bond acceptors (Lipinski definition) is 5. The molecule has 0 saturated heterocycles. The van der Waals surface area contributed by atoms with Crippen molar-refractivity contribution >= 4 is 29.1 Å². The van der Waals surface area contributed by atoms with Gasteiger partial charge < -0.3 is 9.30 Å². The molecule has 0 aliphatic carbocycles. The van der Waals surface area contributed by atoms with Gasteiger partial charge in [0.25, 0.3) is 0 Å². The number of aromatic nitrogens is 3. The summed E-state index contributed by atoms with van der Waals surface area (Å²) in [5, 5.41) is 9.91. The molecule has 0 bridgehead atoms. The normalized spacial score (nSPS) is 10.8. The third-order valence-corrected chi connectivity index (χ3v) is 5.14. The maximum Gasteiger partial charge on any atom is 0.191 e. The SMILES string of the molecule is CCOc1ccc(C(=O)CSc2nnc(-c3cccc(Cl)c3)n2CC)cc1. The van der Waals surface area contributed by atoms with E-state index in [4.69, 9.17) is 16.3 Å². The van der Waals surface area contributed by atoms with Gasteiger partial charge in [0.15, 0.2) is 16.8 Å². The standard InChI is InChI=1S/C20H20ClN3O2S/c1-3-24-19(15-6-5-7-16(21)12-15)22-23-20(24)27-13-18(25)14-8-10-17(11-9-14)26-4-2/h5-12H,3-4,13H2,1-2H3. The smallest absolute Gasteiger partial charge is 0.191 e. The van der Waals surface area contributed by atoms with E-state index in [2.05, 4.69) is 10.2 Å². The number of carbonyl (C=O) groups is 1. The summed E-state index contributed by atoms with van der Waals surface area (Å²) in [6, 6.07) is 14.7. The average molecular weight is 402 g/mol. The molecule has 3 aromatic rings. The molecule has 0 saturated carbocycles. The van der Waals surface area contributed by atoms with E-state index in [1.807, 2.05) is 54.8 Å². The number of halogens is 1. The first kappa shape index (κ1) is 19.5. The molecular weight excluding hydrogens is 382 g/mol. The number of Topliss-reactive ketones (excluding diaryl/α,β-unsaturated/α-hetero) is 1. The lowest BCUT2D eigenvalue weighted by atomic mass is 10.1. The Bertz CT molecular complexity index is 925. The second-order valence-electron chi connectivity index (χ2n) is 5.73. The fraction of sp³-hybridized carbons (Fsp3) is 0.250. The lowest BCUT2D eigenvalue weighted by Crippen LogP contribution is -2.05. The highest BCUT2D eigenvalue weighted by atomic mass is 35.5. The number of rotatable bonds is 8. The minimum absolute atomic E-state index is 0.0398. The molecule has 1 heterocycles. The van der Waals surface area contributed by atoms with Crippen molar-refractivity contribution in [3.8, 4) is 17.1 Å². The Balaban J connectivity index is 1.71. The van der Waals surface area contributed by atoms with Crippen LogP contribution < -0.4 is 4.74 Å². The number of hydrogen-bond donors (Lipinski definition) is 0. The van der Waals surface area contributed by atoms with Gasteiger partial charge in [0.2, 0.25) is 0 Å². The van der Waals surface area contributed by atoms with E-state index < -0.39 is 0 Å². The van der Waals surface area contributed by atoms with Crippen LogP contribution >= 0.6 is 23.4 Å². The molecule has 3 rings (SSSR count). The summed E-state index contributed by atoms with van der Waals surface area (Å²) in [7, 11) is 0. The first-order valence-corrected chi connectivity index (χ1v) is 10.1. The minimum Gasteiger partial charge on any atom is -0.494 e. The van der Waals surface area contributed by atoms with Gasteiger partial charge in [-0.2, -0.15) is 0 Å². The van der Waals surface area contributed by atoms with Crippen molar-refractivity contribution < 1.29 is 9.53 Å². The van der Waals surface area contributed by atoms with Gasteiger partial charge in [0.1, 0.15) is 5.75 Å². The van der Waals surface area contributed by atoms with Crippen LogP contribution in [0, 0.1) is 0 Å². The number of benzene rings is 2. The summed E-state index contributed by atoms with van der Waals surface area (Å²) in [5.41, 5.74) is 1.56. The van der Waals surface area contributed by atoms with Crippen molar-refractivity contribution in [2.75, 3.05) is 12.4 Å². The van der Waals surface area contributed by atoms with Crippen molar-refractivity contribution in [1.82, 2.24) is 14.8 Å². The van der Waals surface area contributed by atoms with Crippen molar-refractivity contribution in [3.05, 3.63) is 59.1 Å². The van der Waals surface area contributed by atoms with Gasteiger partial charge in [-0.1, -0.05) is 35.5 Å². The number of ether oxygens (including phenoxy) is 1. The Morgan fingerprint density at radius 1 is 1.15 bits per heavy atom. The molecule has 0 spiro atoms. The van der Waals surface area contributed by atoms with E-state index in [1.54, 1.807) is 12.1 Å². The van der Waals surface area contributed by atoms with Crippen LogP contribution in [0.25, 0.3) is 11.4 Å². The summed E-state index contributed by atoms with van der Waals surface area (Å²) in [6.45, 7) is 5.26. The van der Waals surface area contributed by atoms with Crippen molar-refractivity contribution in [1.29, 1.82) is 0 Å². The van der Waals surface area contributed by atoms with Crippen molar-refractivity contribution in [2.45, 2.75) is 25.5 Å². The van der Waals surface area contributed by atoms with Crippen LogP contribution in [0.15, 0.2) is 53.7 Å². The van der Waals surface area contributed by atoms with Crippen LogP contribution in [0.1, 0.15) is 24.2 Å². The predicted molar refractivity (Wildman–Crippen MR) is 109 cm³/mol. The predicted octanol–water partition coefficient (Wildman–Crippen LogP) is 4.99. The topological polar surface area (TPSA) is 57.0 Å². The van der Waals surface area contributed by atoms with E-state index in [-0.39, 0.29) is 5.78 Å². The number of nitrogens with zero attached hydrogens (tertiary/aromatic N) is 3. The Hall–Kier alpha value is -2.31. The number of thioether (sulfide) groups is 1. The fourth-order valence-corrected chi connectivity index (χ4v) is 3.73. The van der Waals surface area contributed by atoms with Gasteiger partial charge in [-0.3, -0.25) is 4.79 Å². The zero-order valence-electron chi connectivity index (χ0n) is 15.2. The molecule has 27 heavy (non-hydrogen) atoms. The van der Waals surface area contributed by atoms with E-state index in [9.17, 15) is 4.79 Å². The van der Waals surface area contributed by atoms with Gasteiger partial charge >= 0.3 is 0 Å². The fourth-order valence-electron chi connectivity index (χ4n) is 2.64. The highest BCUT2D eigenvalue weighted by Gasteiger charge is 2.15. The maximum absolute atomic E-state index is 12.5. The van der Waals surface area contributed by atoms with E-state index in [1.165, 1.54) is 11.8 Å². The van der Waals surface area contributed by atoms with Crippen LogP contribution in [0.5, 0.6) is 5.75 Å². The van der Waals surface area contributed by atoms with E-state index in [0.717, 1.165) is 17.1 Å². The second-order valence-corrected chi connectivity index (χ2v) is 7.11. The average Bonchev–Trinajstić information content (AvgIpc) is 3.10. The Morgan fingerprint density at radius 3 is 2.59 bits per heavy atom. The first-order valence-electron chi connectivity index (χ1n) is 8.70. The van der Waals surface area contributed by atoms with Gasteiger partial charge in [0.05, 0.1) is 12.4 Å². The minimum atomic E-state index is 0.0398. The van der Waals surface area contributed by atoms with Crippen molar-refractivity contribution in [3.63, 3.8) is 0 Å². The molecule has 0 fully saturated rings. The van der Waals surface area contributed by atoms with Crippen LogP contribution in [-0.4, -0.2) is 32.9 Å². The lowest BCUT2D eigenvalue weighted by Gasteiger charge is -2.08. The van der Waals surface area contributed by atoms with Crippen LogP contribution in [0.3, 0.4) is 0 Å². The molecule has 0 unspecified atom stereocenters. The molecule has 2 aromatic carbocycles. The molecular formula is C20H20ClN3O2S. The number of ketones is 1. The molecule has 1 aromatic heterocycles.